The van der Waals surface area contributed by atoms with Crippen molar-refractivity contribution in [1.82, 2.24) is 29.9 Å². The van der Waals surface area contributed by atoms with Gasteiger partial charge in [0, 0.05) is 19.0 Å². The summed E-state index contributed by atoms with van der Waals surface area (Å²) < 4.78 is 1.88. The maximum absolute atomic E-state index is 12.3. The number of nitrogens with one attached hydrogen (secondary N) is 2. The van der Waals surface area contributed by atoms with Crippen LogP contribution in [0.1, 0.15) is 31.0 Å². The first-order chi connectivity index (χ1) is 12.2. The lowest BCUT2D eigenvalue weighted by Crippen LogP contribution is -2.28. The average molecular weight is 334 g/mol. The molecule has 0 aliphatic rings. The third-order valence-corrected chi connectivity index (χ3v) is 4.13. The molecule has 0 bridgehead atoms. The lowest BCUT2D eigenvalue weighted by Gasteiger charge is -2.12. The van der Waals surface area contributed by atoms with E-state index in [1.807, 2.05) is 60.0 Å². The molecule has 4 rings (SSSR count). The fraction of sp³-hybridized carbons (Fsp3) is 0.222. The molecular weight excluding hydrogens is 316 g/mol. The Kier molecular flexibility index (Phi) is 3.89. The van der Waals surface area contributed by atoms with Crippen molar-refractivity contribution in [2.45, 2.75) is 25.8 Å². The zero-order valence-corrected chi connectivity index (χ0v) is 13.8. The minimum Gasteiger partial charge on any atom is -0.346 e. The van der Waals surface area contributed by atoms with Crippen molar-refractivity contribution < 1.29 is 4.79 Å². The molecule has 1 amide bonds. The minimum absolute atomic E-state index is 0.0411. The fourth-order valence-electron chi connectivity index (χ4n) is 2.89. The molecule has 0 fully saturated rings. The standard InChI is InChI=1S/C18H18N6O/c1-12(18-23-22-16-8-4-5-11-24(16)18)19-17(25)10-9-15-20-13-6-2-3-7-14(13)21-15/h2-8,11-12H,9-10H2,1H3,(H,19,25)(H,20,21)/t12-/m0/s1. The fourth-order valence-corrected chi connectivity index (χ4v) is 2.89. The van der Waals surface area contributed by atoms with Crippen LogP contribution >= 0.6 is 0 Å². The van der Waals surface area contributed by atoms with E-state index in [1.54, 1.807) is 0 Å². The first kappa shape index (κ1) is 15.3. The van der Waals surface area contributed by atoms with E-state index >= 15 is 0 Å². The highest BCUT2D eigenvalue weighted by Crippen LogP contribution is 2.13. The number of carbonyl (C=O) groups excluding carboxylic acids is 1. The number of pyridine rings is 1. The molecule has 25 heavy (non-hydrogen) atoms. The summed E-state index contributed by atoms with van der Waals surface area (Å²) in [6.45, 7) is 1.91. The van der Waals surface area contributed by atoms with E-state index < -0.39 is 0 Å². The van der Waals surface area contributed by atoms with Gasteiger partial charge in [0.15, 0.2) is 11.5 Å². The van der Waals surface area contributed by atoms with Gasteiger partial charge in [-0.1, -0.05) is 18.2 Å². The van der Waals surface area contributed by atoms with Crippen LogP contribution in [0.5, 0.6) is 0 Å². The lowest BCUT2D eigenvalue weighted by molar-refractivity contribution is -0.121. The van der Waals surface area contributed by atoms with Gasteiger partial charge in [-0.2, -0.15) is 0 Å². The van der Waals surface area contributed by atoms with Gasteiger partial charge >= 0.3 is 0 Å². The first-order valence-corrected chi connectivity index (χ1v) is 8.23. The number of aromatic amines is 1. The van der Waals surface area contributed by atoms with Crippen LogP contribution in [-0.2, 0) is 11.2 Å². The lowest BCUT2D eigenvalue weighted by atomic mass is 10.2. The largest absolute Gasteiger partial charge is 0.346 e. The summed E-state index contributed by atoms with van der Waals surface area (Å²) in [5.41, 5.74) is 2.67. The van der Waals surface area contributed by atoms with E-state index in [0.29, 0.717) is 18.7 Å². The summed E-state index contributed by atoms with van der Waals surface area (Å²) in [6, 6.07) is 13.3. The van der Waals surface area contributed by atoms with Gasteiger partial charge in [-0.25, -0.2) is 4.98 Å². The third kappa shape index (κ3) is 3.08. The molecule has 0 saturated heterocycles. The third-order valence-electron chi connectivity index (χ3n) is 4.13. The first-order valence-electron chi connectivity index (χ1n) is 8.23. The molecule has 1 atom stereocenters. The SMILES string of the molecule is C[C@H](NC(=O)CCc1nc2ccccc2[nH]1)c1nnc2ccccn12. The zero-order valence-electron chi connectivity index (χ0n) is 13.8. The Balaban J connectivity index is 1.39. The Hall–Kier alpha value is -3.22. The molecule has 126 valence electrons. The Morgan fingerprint density at radius 2 is 2.04 bits per heavy atom. The summed E-state index contributed by atoms with van der Waals surface area (Å²) in [6.07, 6.45) is 2.82. The van der Waals surface area contributed by atoms with Crippen LogP contribution in [0.25, 0.3) is 16.7 Å². The van der Waals surface area contributed by atoms with Gasteiger partial charge in [-0.15, -0.1) is 10.2 Å². The molecule has 0 radical (unpaired) electrons. The molecular formula is C18H18N6O. The average Bonchev–Trinajstić information content (AvgIpc) is 3.23. The number of imidazole rings is 1. The second kappa shape index (κ2) is 6.35. The molecule has 0 unspecified atom stereocenters. The smallest absolute Gasteiger partial charge is 0.221 e. The van der Waals surface area contributed by atoms with Crippen LogP contribution in [0.4, 0.5) is 0 Å². The van der Waals surface area contributed by atoms with E-state index in [9.17, 15) is 4.79 Å². The summed E-state index contributed by atoms with van der Waals surface area (Å²) in [5, 5.41) is 11.3. The number of H-pyrrole nitrogens is 1. The normalized spacial score (nSPS) is 12.5. The number of aryl methyl sites for hydroxylation is 1. The van der Waals surface area contributed by atoms with Gasteiger partial charge in [0.2, 0.25) is 5.91 Å². The van der Waals surface area contributed by atoms with Crippen LogP contribution in [0.2, 0.25) is 0 Å². The number of nitrogens with zero attached hydrogens (tertiary/aromatic N) is 4. The number of para-hydroxylation sites is 2. The van der Waals surface area contributed by atoms with Gasteiger partial charge in [0.25, 0.3) is 0 Å². The maximum atomic E-state index is 12.3. The quantitative estimate of drug-likeness (QED) is 0.587. The molecule has 7 heteroatoms. The molecule has 2 N–H and O–H groups in total. The van der Waals surface area contributed by atoms with Gasteiger partial charge < -0.3 is 10.3 Å². The van der Waals surface area contributed by atoms with Crippen LogP contribution in [0.15, 0.2) is 48.7 Å². The van der Waals surface area contributed by atoms with Gasteiger partial charge in [0.05, 0.1) is 17.1 Å². The number of aromatic nitrogens is 5. The van der Waals surface area contributed by atoms with Crippen molar-refractivity contribution in [3.8, 4) is 0 Å². The van der Waals surface area contributed by atoms with Gasteiger partial charge in [0.1, 0.15) is 5.82 Å². The monoisotopic (exact) mass is 334 g/mol. The van der Waals surface area contributed by atoms with E-state index in [1.165, 1.54) is 0 Å². The molecule has 0 saturated carbocycles. The molecule has 0 aliphatic heterocycles. The molecule has 0 aliphatic carbocycles. The van der Waals surface area contributed by atoms with Crippen LogP contribution in [0.3, 0.4) is 0 Å². The van der Waals surface area contributed by atoms with Crippen molar-refractivity contribution in [3.63, 3.8) is 0 Å². The van der Waals surface area contributed by atoms with Crippen molar-refractivity contribution in [2.24, 2.45) is 0 Å². The highest BCUT2D eigenvalue weighted by Gasteiger charge is 2.16. The summed E-state index contributed by atoms with van der Waals surface area (Å²) >= 11 is 0. The Morgan fingerprint density at radius 1 is 1.20 bits per heavy atom. The topological polar surface area (TPSA) is 88.0 Å². The Labute approximate surface area is 144 Å². The van der Waals surface area contributed by atoms with Crippen LogP contribution in [0, 0.1) is 0 Å². The second-order valence-electron chi connectivity index (χ2n) is 5.98. The van der Waals surface area contributed by atoms with Gasteiger partial charge in [-0.3, -0.25) is 9.20 Å². The Morgan fingerprint density at radius 3 is 2.92 bits per heavy atom. The number of rotatable bonds is 5. The second-order valence-corrected chi connectivity index (χ2v) is 5.98. The predicted octanol–water partition coefficient (Wildman–Crippen LogP) is 2.42. The number of fused-ring (bicyclic) bond motifs is 2. The molecule has 1 aromatic carbocycles. The summed E-state index contributed by atoms with van der Waals surface area (Å²) in [7, 11) is 0. The molecule has 3 heterocycles. The number of carbonyl (C=O) groups is 1. The van der Waals surface area contributed by atoms with E-state index in [-0.39, 0.29) is 11.9 Å². The predicted molar refractivity (Wildman–Crippen MR) is 94.0 cm³/mol. The van der Waals surface area contributed by atoms with E-state index in [0.717, 1.165) is 22.5 Å². The minimum atomic E-state index is -0.222. The van der Waals surface area contributed by atoms with Crippen LogP contribution in [-0.4, -0.2) is 30.5 Å². The summed E-state index contributed by atoms with van der Waals surface area (Å²) in [5.74, 6) is 1.49. The molecule has 7 nitrogen and oxygen atoms in total. The highest BCUT2D eigenvalue weighted by molar-refractivity contribution is 5.77. The van der Waals surface area contributed by atoms with Crippen molar-refractivity contribution in [1.29, 1.82) is 0 Å². The van der Waals surface area contributed by atoms with Gasteiger partial charge in [-0.05, 0) is 31.2 Å². The van der Waals surface area contributed by atoms with Crippen LogP contribution < -0.4 is 5.32 Å². The maximum Gasteiger partial charge on any atom is 0.221 e. The Bertz CT molecular complexity index is 1000. The zero-order chi connectivity index (χ0) is 17.2. The molecule has 4 aromatic rings. The number of hydrogen-bond acceptors (Lipinski definition) is 4. The molecule has 0 spiro atoms. The highest BCUT2D eigenvalue weighted by atomic mass is 16.1. The summed E-state index contributed by atoms with van der Waals surface area (Å²) in [4.78, 5) is 20.0. The van der Waals surface area contributed by atoms with Crippen molar-refractivity contribution >= 4 is 22.6 Å². The number of hydrogen-bond donors (Lipinski definition) is 2. The van der Waals surface area contributed by atoms with E-state index in [2.05, 4.69) is 25.5 Å². The van der Waals surface area contributed by atoms with Crippen molar-refractivity contribution in [2.75, 3.05) is 0 Å². The number of benzene rings is 1. The number of amides is 1. The van der Waals surface area contributed by atoms with Crippen molar-refractivity contribution in [3.05, 3.63) is 60.3 Å². The van der Waals surface area contributed by atoms with E-state index in [4.69, 9.17) is 0 Å². The molecule has 3 aromatic heterocycles.